The monoisotopic (exact) mass is 90.0 g/mol. The molecule has 0 aliphatic rings. The fraction of sp³-hybridized carbons (Fsp3) is 1.00. The normalized spacial score (nSPS) is 8.50. The second-order valence-corrected chi connectivity index (χ2v) is 0.873. The van der Waals surface area contributed by atoms with Gasteiger partial charge in [-0.15, -0.1) is 0 Å². The highest BCUT2D eigenvalue weighted by molar-refractivity contribution is 6.42. The number of hydrogen-bond donors (Lipinski definition) is 2. The van der Waals surface area contributed by atoms with Crippen LogP contribution >= 0.6 is 0 Å². The van der Waals surface area contributed by atoms with Crippen LogP contribution in [0.25, 0.3) is 0 Å². The maximum Gasteiger partial charge on any atom is 0.481 e. The van der Waals surface area contributed by atoms with Gasteiger partial charge in [-0.05, 0) is 0 Å². The van der Waals surface area contributed by atoms with Crippen LogP contribution in [0, 0.1) is 0 Å². The van der Waals surface area contributed by atoms with Gasteiger partial charge in [0, 0.05) is 7.11 Å². The van der Waals surface area contributed by atoms with Crippen molar-refractivity contribution in [1.29, 1.82) is 0 Å². The molecular formula is C2H7BO3. The first-order chi connectivity index (χ1) is 2.81. The van der Waals surface area contributed by atoms with E-state index >= 15 is 0 Å². The minimum atomic E-state index is -1.01. The quantitative estimate of drug-likeness (QED) is 0.412. The minimum Gasteiger partial charge on any atom is -0.425 e. The molecule has 0 fully saturated rings. The predicted molar refractivity (Wildman–Crippen MR) is 22.1 cm³/mol. The summed E-state index contributed by atoms with van der Waals surface area (Å²) in [7, 11) is 0.311. The van der Waals surface area contributed by atoms with Crippen LogP contribution in [-0.4, -0.2) is 30.9 Å². The highest BCUT2D eigenvalue weighted by Gasteiger charge is 2.04. The number of aliphatic hydroxyl groups is 1. The van der Waals surface area contributed by atoms with Crippen molar-refractivity contribution in [1.82, 2.24) is 0 Å². The molecule has 0 heterocycles. The predicted octanol–water partition coefficient (Wildman–Crippen LogP) is -1.36. The van der Waals surface area contributed by atoms with Crippen molar-refractivity contribution in [2.45, 2.75) is 0 Å². The molecule has 0 radical (unpaired) electrons. The Morgan fingerprint density at radius 1 is 1.83 bits per heavy atom. The van der Waals surface area contributed by atoms with Gasteiger partial charge in [0.05, 0.1) is 6.51 Å². The summed E-state index contributed by atoms with van der Waals surface area (Å²) in [6.45, 7) is -0.337. The summed E-state index contributed by atoms with van der Waals surface area (Å²) in [5.74, 6) is 0. The summed E-state index contributed by atoms with van der Waals surface area (Å²) in [5, 5.41) is 16.2. The van der Waals surface area contributed by atoms with Crippen molar-refractivity contribution in [3.63, 3.8) is 0 Å². The Kier molecular flexibility index (Phi) is 3.12. The van der Waals surface area contributed by atoms with Gasteiger partial charge in [-0.1, -0.05) is 0 Å². The summed E-state index contributed by atoms with van der Waals surface area (Å²) < 4.78 is 4.20. The van der Waals surface area contributed by atoms with E-state index in [9.17, 15) is 0 Å². The molecule has 0 amide bonds. The van der Waals surface area contributed by atoms with Crippen LogP contribution in [0.15, 0.2) is 0 Å². The van der Waals surface area contributed by atoms with Crippen molar-refractivity contribution in [3.8, 4) is 0 Å². The summed E-state index contributed by atoms with van der Waals surface area (Å²) in [4.78, 5) is 0. The lowest BCUT2D eigenvalue weighted by Crippen LogP contribution is -2.20. The van der Waals surface area contributed by atoms with Crippen molar-refractivity contribution in [2.24, 2.45) is 0 Å². The molecule has 0 saturated carbocycles. The highest BCUT2D eigenvalue weighted by atomic mass is 16.5. The van der Waals surface area contributed by atoms with Crippen LogP contribution in [0.3, 0.4) is 0 Å². The molecule has 0 aromatic carbocycles. The van der Waals surface area contributed by atoms with Gasteiger partial charge in [0.15, 0.2) is 0 Å². The number of rotatable bonds is 2. The molecule has 3 nitrogen and oxygen atoms in total. The fourth-order valence-corrected chi connectivity index (χ4v) is 0.0745. The summed E-state index contributed by atoms with van der Waals surface area (Å²) in [6.07, 6.45) is 0. The number of aliphatic hydroxyl groups excluding tert-OH is 1. The van der Waals surface area contributed by atoms with Crippen LogP contribution in [0.2, 0.25) is 0 Å². The molecule has 2 N–H and O–H groups in total. The van der Waals surface area contributed by atoms with E-state index in [0.717, 1.165) is 0 Å². The lowest BCUT2D eigenvalue weighted by Gasteiger charge is -1.93. The Morgan fingerprint density at radius 3 is 2.33 bits per heavy atom. The first-order valence-corrected chi connectivity index (χ1v) is 1.63. The lowest BCUT2D eigenvalue weighted by atomic mass is 9.94. The Hall–Kier alpha value is -0.0551. The van der Waals surface area contributed by atoms with Crippen molar-refractivity contribution < 1.29 is 14.8 Å². The van der Waals surface area contributed by atoms with Crippen molar-refractivity contribution in [2.75, 3.05) is 13.6 Å². The first-order valence-electron chi connectivity index (χ1n) is 1.63. The minimum absolute atomic E-state index is 0.337. The molecule has 0 unspecified atom stereocenters. The molecule has 0 bridgehead atoms. The summed E-state index contributed by atoms with van der Waals surface area (Å²) >= 11 is 0. The molecule has 0 aliphatic heterocycles. The maximum absolute atomic E-state index is 8.19. The van der Waals surface area contributed by atoms with Crippen LogP contribution in [-0.2, 0) is 4.65 Å². The van der Waals surface area contributed by atoms with E-state index in [1.807, 2.05) is 0 Å². The Morgan fingerprint density at radius 2 is 2.33 bits per heavy atom. The van der Waals surface area contributed by atoms with Crippen molar-refractivity contribution >= 4 is 7.12 Å². The van der Waals surface area contributed by atoms with Gasteiger partial charge in [0.1, 0.15) is 0 Å². The number of hydrogen-bond acceptors (Lipinski definition) is 3. The summed E-state index contributed by atoms with van der Waals surface area (Å²) in [5.41, 5.74) is 0. The Balaban J connectivity index is 2.75. The molecule has 4 heteroatoms. The second kappa shape index (κ2) is 3.15. The van der Waals surface area contributed by atoms with E-state index in [-0.39, 0.29) is 6.51 Å². The van der Waals surface area contributed by atoms with Crippen LogP contribution in [0.1, 0.15) is 0 Å². The molecular weight excluding hydrogens is 82.8 g/mol. The van der Waals surface area contributed by atoms with Crippen LogP contribution in [0.5, 0.6) is 0 Å². The Labute approximate surface area is 36.7 Å². The van der Waals surface area contributed by atoms with Crippen molar-refractivity contribution in [3.05, 3.63) is 0 Å². The molecule has 0 saturated heterocycles. The average Bonchev–Trinajstić information content (AvgIpc) is 1.65. The molecule has 0 rings (SSSR count). The van der Waals surface area contributed by atoms with E-state index in [1.165, 1.54) is 7.11 Å². The van der Waals surface area contributed by atoms with E-state index in [0.29, 0.717) is 0 Å². The van der Waals surface area contributed by atoms with E-state index in [2.05, 4.69) is 4.65 Å². The molecule has 0 aromatic rings. The van der Waals surface area contributed by atoms with Gasteiger partial charge in [-0.2, -0.15) is 0 Å². The molecule has 36 valence electrons. The molecule has 0 spiro atoms. The zero-order chi connectivity index (χ0) is 4.99. The third-order valence-electron chi connectivity index (χ3n) is 0.428. The average molecular weight is 89.9 g/mol. The zero-order valence-corrected chi connectivity index (χ0v) is 3.59. The van der Waals surface area contributed by atoms with Gasteiger partial charge in [0.25, 0.3) is 0 Å². The molecule has 6 heavy (non-hydrogen) atoms. The van der Waals surface area contributed by atoms with Gasteiger partial charge >= 0.3 is 7.12 Å². The third-order valence-corrected chi connectivity index (χ3v) is 0.428. The van der Waals surface area contributed by atoms with Crippen LogP contribution < -0.4 is 0 Å². The van der Waals surface area contributed by atoms with Gasteiger partial charge in [-0.25, -0.2) is 0 Å². The topological polar surface area (TPSA) is 49.7 Å². The zero-order valence-electron chi connectivity index (χ0n) is 3.59. The largest absolute Gasteiger partial charge is 0.481 e. The lowest BCUT2D eigenvalue weighted by molar-refractivity contribution is 0.259. The SMILES string of the molecule is COB(O)CO. The summed E-state index contributed by atoms with van der Waals surface area (Å²) in [6, 6.07) is 0. The van der Waals surface area contributed by atoms with Gasteiger partial charge in [0.2, 0.25) is 0 Å². The maximum atomic E-state index is 8.19. The van der Waals surface area contributed by atoms with E-state index in [1.54, 1.807) is 0 Å². The van der Waals surface area contributed by atoms with Crippen LogP contribution in [0.4, 0.5) is 0 Å². The standard InChI is InChI=1S/C2H7BO3/c1-6-3(5)2-4/h4-5H,2H2,1H3. The van der Waals surface area contributed by atoms with E-state index < -0.39 is 7.12 Å². The molecule has 0 atom stereocenters. The van der Waals surface area contributed by atoms with Gasteiger partial charge < -0.3 is 14.8 Å². The second-order valence-electron chi connectivity index (χ2n) is 0.873. The first kappa shape index (κ1) is 5.94. The highest BCUT2D eigenvalue weighted by Crippen LogP contribution is 1.68. The smallest absolute Gasteiger partial charge is 0.425 e. The van der Waals surface area contributed by atoms with E-state index in [4.69, 9.17) is 10.1 Å². The fourth-order valence-electron chi connectivity index (χ4n) is 0.0745. The molecule has 0 aliphatic carbocycles. The Bertz CT molecular complexity index is 28.0. The van der Waals surface area contributed by atoms with Gasteiger partial charge in [-0.3, -0.25) is 0 Å². The third kappa shape index (κ3) is 2.20. The molecule has 0 aromatic heterocycles.